The van der Waals surface area contributed by atoms with Crippen molar-refractivity contribution in [2.75, 3.05) is 0 Å². The van der Waals surface area contributed by atoms with Crippen LogP contribution in [-0.4, -0.2) is 6.04 Å². The second-order valence-electron chi connectivity index (χ2n) is 5.91. The molecule has 100 valence electrons. The molecule has 1 heteroatoms. The Morgan fingerprint density at radius 3 is 2.22 bits per heavy atom. The van der Waals surface area contributed by atoms with Crippen molar-refractivity contribution >= 4 is 0 Å². The van der Waals surface area contributed by atoms with Gasteiger partial charge < -0.3 is 5.32 Å². The van der Waals surface area contributed by atoms with Crippen LogP contribution in [0.1, 0.15) is 58.1 Å². The van der Waals surface area contributed by atoms with Gasteiger partial charge in [-0.1, -0.05) is 63.9 Å². The average Bonchev–Trinajstić information content (AvgIpc) is 2.37. The highest BCUT2D eigenvalue weighted by Gasteiger charge is 2.30. The Hall–Kier alpha value is -0.820. The maximum absolute atomic E-state index is 3.90. The fourth-order valence-corrected chi connectivity index (χ4v) is 3.22. The SMILES string of the molecule is CCC(CC)C(NC1CC(C)C1)c1ccccc1. The third kappa shape index (κ3) is 3.14. The molecule has 1 unspecified atom stereocenters. The third-order valence-electron chi connectivity index (χ3n) is 4.47. The summed E-state index contributed by atoms with van der Waals surface area (Å²) in [6.45, 7) is 6.98. The van der Waals surface area contributed by atoms with Crippen molar-refractivity contribution in [1.29, 1.82) is 0 Å². The smallest absolute Gasteiger partial charge is 0.0350 e. The Balaban J connectivity index is 2.07. The number of hydrogen-bond donors (Lipinski definition) is 1. The van der Waals surface area contributed by atoms with Gasteiger partial charge in [-0.15, -0.1) is 0 Å². The molecule has 0 heterocycles. The van der Waals surface area contributed by atoms with Crippen molar-refractivity contribution in [3.05, 3.63) is 35.9 Å². The van der Waals surface area contributed by atoms with E-state index in [0.717, 1.165) is 17.9 Å². The summed E-state index contributed by atoms with van der Waals surface area (Å²) in [5, 5.41) is 3.90. The van der Waals surface area contributed by atoms with Gasteiger partial charge in [0.2, 0.25) is 0 Å². The summed E-state index contributed by atoms with van der Waals surface area (Å²) in [5.41, 5.74) is 1.46. The molecule has 2 rings (SSSR count). The Kier molecular flexibility index (Phi) is 4.82. The lowest BCUT2D eigenvalue weighted by Gasteiger charge is -2.39. The summed E-state index contributed by atoms with van der Waals surface area (Å²) in [6.07, 6.45) is 5.21. The van der Waals surface area contributed by atoms with Crippen LogP contribution >= 0.6 is 0 Å². The van der Waals surface area contributed by atoms with Crippen LogP contribution in [0.3, 0.4) is 0 Å². The zero-order valence-corrected chi connectivity index (χ0v) is 12.0. The third-order valence-corrected chi connectivity index (χ3v) is 4.47. The quantitative estimate of drug-likeness (QED) is 0.775. The number of nitrogens with one attached hydrogen (secondary N) is 1. The van der Waals surface area contributed by atoms with Crippen LogP contribution in [0.15, 0.2) is 30.3 Å². The molecule has 0 radical (unpaired) electrons. The molecule has 1 aromatic rings. The van der Waals surface area contributed by atoms with E-state index in [4.69, 9.17) is 0 Å². The van der Waals surface area contributed by atoms with Crippen molar-refractivity contribution in [1.82, 2.24) is 5.32 Å². The lowest BCUT2D eigenvalue weighted by molar-refractivity contribution is 0.194. The monoisotopic (exact) mass is 245 g/mol. The molecular weight excluding hydrogens is 218 g/mol. The standard InChI is InChI=1S/C17H27N/c1-4-14(5-2)17(15-9-7-6-8-10-15)18-16-11-13(3)12-16/h6-10,13-14,16-18H,4-5,11-12H2,1-3H3. The molecule has 0 aromatic heterocycles. The van der Waals surface area contributed by atoms with Crippen LogP contribution in [0.5, 0.6) is 0 Å². The van der Waals surface area contributed by atoms with Gasteiger partial charge >= 0.3 is 0 Å². The van der Waals surface area contributed by atoms with Gasteiger partial charge in [-0.05, 0) is 30.2 Å². The van der Waals surface area contributed by atoms with E-state index < -0.39 is 0 Å². The van der Waals surface area contributed by atoms with Crippen molar-refractivity contribution in [3.63, 3.8) is 0 Å². The van der Waals surface area contributed by atoms with Gasteiger partial charge in [0, 0.05) is 12.1 Å². The summed E-state index contributed by atoms with van der Waals surface area (Å²) in [5.74, 6) is 1.67. The van der Waals surface area contributed by atoms with Crippen molar-refractivity contribution < 1.29 is 0 Å². The van der Waals surface area contributed by atoms with E-state index >= 15 is 0 Å². The molecule has 0 amide bonds. The Morgan fingerprint density at radius 1 is 1.11 bits per heavy atom. The summed E-state index contributed by atoms with van der Waals surface area (Å²) in [4.78, 5) is 0. The zero-order chi connectivity index (χ0) is 13.0. The highest BCUT2D eigenvalue weighted by molar-refractivity contribution is 5.20. The van der Waals surface area contributed by atoms with Crippen LogP contribution < -0.4 is 5.32 Å². The van der Waals surface area contributed by atoms with Crippen molar-refractivity contribution in [2.24, 2.45) is 11.8 Å². The first-order chi connectivity index (χ1) is 8.74. The van der Waals surface area contributed by atoms with Gasteiger partial charge in [-0.3, -0.25) is 0 Å². The molecule has 0 saturated heterocycles. The molecule has 1 aliphatic rings. The molecule has 1 saturated carbocycles. The largest absolute Gasteiger partial charge is 0.307 e. The van der Waals surface area contributed by atoms with E-state index in [1.807, 2.05) is 0 Å². The normalized spacial score (nSPS) is 24.9. The van der Waals surface area contributed by atoms with E-state index in [-0.39, 0.29) is 0 Å². The zero-order valence-electron chi connectivity index (χ0n) is 12.0. The van der Waals surface area contributed by atoms with E-state index in [1.165, 1.54) is 31.2 Å². The minimum absolute atomic E-state index is 0.540. The van der Waals surface area contributed by atoms with E-state index in [1.54, 1.807) is 0 Å². The number of rotatable bonds is 6. The van der Waals surface area contributed by atoms with Crippen LogP contribution in [-0.2, 0) is 0 Å². The molecule has 1 aromatic carbocycles. The molecule has 0 aliphatic heterocycles. The Bertz CT molecular complexity index is 336. The molecular formula is C17H27N. The molecule has 1 aliphatic carbocycles. The fourth-order valence-electron chi connectivity index (χ4n) is 3.22. The summed E-state index contributed by atoms with van der Waals surface area (Å²) in [7, 11) is 0. The first kappa shape index (κ1) is 13.6. The average molecular weight is 245 g/mol. The van der Waals surface area contributed by atoms with Gasteiger partial charge in [0.15, 0.2) is 0 Å². The molecule has 0 bridgehead atoms. The first-order valence-corrected chi connectivity index (χ1v) is 7.55. The minimum atomic E-state index is 0.540. The predicted molar refractivity (Wildman–Crippen MR) is 78.6 cm³/mol. The summed E-state index contributed by atoms with van der Waals surface area (Å²) in [6, 6.07) is 12.3. The molecule has 1 nitrogen and oxygen atoms in total. The molecule has 18 heavy (non-hydrogen) atoms. The lowest BCUT2D eigenvalue weighted by Crippen LogP contribution is -2.44. The van der Waals surface area contributed by atoms with Crippen LogP contribution in [0.25, 0.3) is 0 Å². The predicted octanol–water partition coefficient (Wildman–Crippen LogP) is 4.55. The van der Waals surface area contributed by atoms with Gasteiger partial charge in [0.05, 0.1) is 0 Å². The van der Waals surface area contributed by atoms with Gasteiger partial charge in [0.1, 0.15) is 0 Å². The number of hydrogen-bond acceptors (Lipinski definition) is 1. The van der Waals surface area contributed by atoms with Gasteiger partial charge in [-0.2, -0.15) is 0 Å². The van der Waals surface area contributed by atoms with Crippen LogP contribution in [0.4, 0.5) is 0 Å². The molecule has 1 atom stereocenters. The van der Waals surface area contributed by atoms with Crippen molar-refractivity contribution in [2.45, 2.75) is 58.5 Å². The Labute approximate surface area is 112 Å². The van der Waals surface area contributed by atoms with Gasteiger partial charge in [0.25, 0.3) is 0 Å². The lowest BCUT2D eigenvalue weighted by atomic mass is 9.79. The molecule has 1 N–H and O–H groups in total. The van der Waals surface area contributed by atoms with Crippen LogP contribution in [0, 0.1) is 11.8 Å². The van der Waals surface area contributed by atoms with E-state index in [0.29, 0.717) is 6.04 Å². The second kappa shape index (κ2) is 6.38. The topological polar surface area (TPSA) is 12.0 Å². The van der Waals surface area contributed by atoms with E-state index in [2.05, 4.69) is 56.4 Å². The highest BCUT2D eigenvalue weighted by atomic mass is 15.0. The van der Waals surface area contributed by atoms with Gasteiger partial charge in [-0.25, -0.2) is 0 Å². The highest BCUT2D eigenvalue weighted by Crippen LogP contribution is 2.33. The fraction of sp³-hybridized carbons (Fsp3) is 0.647. The maximum Gasteiger partial charge on any atom is 0.0350 e. The first-order valence-electron chi connectivity index (χ1n) is 7.55. The molecule has 1 fully saturated rings. The summed E-state index contributed by atoms with van der Waals surface area (Å²) < 4.78 is 0. The van der Waals surface area contributed by atoms with Crippen LogP contribution in [0.2, 0.25) is 0 Å². The molecule has 0 spiro atoms. The maximum atomic E-state index is 3.90. The minimum Gasteiger partial charge on any atom is -0.307 e. The Morgan fingerprint density at radius 2 is 1.72 bits per heavy atom. The van der Waals surface area contributed by atoms with Crippen molar-refractivity contribution in [3.8, 4) is 0 Å². The summed E-state index contributed by atoms with van der Waals surface area (Å²) >= 11 is 0. The second-order valence-corrected chi connectivity index (χ2v) is 5.91. The number of benzene rings is 1. The van der Waals surface area contributed by atoms with E-state index in [9.17, 15) is 0 Å².